The van der Waals surface area contributed by atoms with E-state index in [-0.39, 0.29) is 12.8 Å². The molecule has 5 nitrogen and oxygen atoms in total. The first-order valence-corrected chi connectivity index (χ1v) is 5.70. The lowest BCUT2D eigenvalue weighted by molar-refractivity contribution is 0.167. The molecular weight excluding hydrogens is 254 g/mol. The third-order valence-electron chi connectivity index (χ3n) is 2.29. The van der Waals surface area contributed by atoms with Gasteiger partial charge in [0.25, 0.3) is 0 Å². The second-order valence-electron chi connectivity index (χ2n) is 3.74. The average molecular weight is 264 g/mol. The Hall–Kier alpha value is -1.90. The molecule has 0 amide bonds. The summed E-state index contributed by atoms with van der Waals surface area (Å²) in [5, 5.41) is 22.3. The van der Waals surface area contributed by atoms with E-state index >= 15 is 0 Å². The highest BCUT2D eigenvalue weighted by Gasteiger charge is 2.13. The number of aliphatic hydroxyl groups is 1. The number of nitriles is 1. The molecule has 0 spiro atoms. The maximum atomic E-state index is 9.46. The Morgan fingerprint density at radius 2 is 2.33 bits per heavy atom. The molecule has 0 bridgehead atoms. The molecule has 0 radical (unpaired) electrons. The van der Waals surface area contributed by atoms with Crippen LogP contribution in [0.3, 0.4) is 0 Å². The van der Waals surface area contributed by atoms with E-state index in [1.165, 1.54) is 0 Å². The smallest absolute Gasteiger partial charge is 0.229 e. The largest absolute Gasteiger partial charge is 0.392 e. The van der Waals surface area contributed by atoms with Crippen LogP contribution in [0.2, 0.25) is 5.02 Å². The van der Waals surface area contributed by atoms with Gasteiger partial charge < -0.3 is 9.63 Å². The van der Waals surface area contributed by atoms with Gasteiger partial charge in [0.2, 0.25) is 11.7 Å². The predicted octanol–water partition coefficient (Wildman–Crippen LogP) is 2.21. The van der Waals surface area contributed by atoms with Crippen molar-refractivity contribution in [1.29, 1.82) is 5.26 Å². The molecule has 1 N–H and O–H groups in total. The van der Waals surface area contributed by atoms with Crippen molar-refractivity contribution in [2.75, 3.05) is 0 Å². The lowest BCUT2D eigenvalue weighted by atomic mass is 10.2. The zero-order valence-corrected chi connectivity index (χ0v) is 10.1. The Morgan fingerprint density at radius 1 is 1.50 bits per heavy atom. The van der Waals surface area contributed by atoms with Crippen LogP contribution in [-0.4, -0.2) is 21.4 Å². The van der Waals surface area contributed by atoms with Gasteiger partial charge in [0.15, 0.2) is 0 Å². The van der Waals surface area contributed by atoms with Crippen molar-refractivity contribution in [3.8, 4) is 17.5 Å². The first-order valence-electron chi connectivity index (χ1n) is 5.32. The molecule has 0 aliphatic carbocycles. The van der Waals surface area contributed by atoms with Crippen LogP contribution >= 0.6 is 11.6 Å². The third kappa shape index (κ3) is 3.06. The second kappa shape index (κ2) is 5.63. The zero-order valence-electron chi connectivity index (χ0n) is 9.38. The van der Waals surface area contributed by atoms with Crippen molar-refractivity contribution >= 4 is 11.6 Å². The fraction of sp³-hybridized carbons (Fsp3) is 0.250. The second-order valence-corrected chi connectivity index (χ2v) is 4.18. The normalized spacial score (nSPS) is 12.1. The number of aliphatic hydroxyl groups excluding tert-OH is 1. The number of halogens is 1. The van der Waals surface area contributed by atoms with E-state index in [9.17, 15) is 5.11 Å². The molecule has 0 aliphatic rings. The van der Waals surface area contributed by atoms with Crippen molar-refractivity contribution in [3.05, 3.63) is 35.2 Å². The van der Waals surface area contributed by atoms with Gasteiger partial charge >= 0.3 is 0 Å². The minimum atomic E-state index is -0.789. The van der Waals surface area contributed by atoms with Crippen molar-refractivity contribution in [2.24, 2.45) is 0 Å². The number of hydrogen-bond acceptors (Lipinski definition) is 5. The van der Waals surface area contributed by atoms with Crippen LogP contribution in [0.25, 0.3) is 11.4 Å². The molecule has 2 aromatic rings. The molecule has 2 rings (SSSR count). The van der Waals surface area contributed by atoms with Gasteiger partial charge in [0, 0.05) is 10.6 Å². The van der Waals surface area contributed by atoms with Gasteiger partial charge in [-0.05, 0) is 12.1 Å². The van der Waals surface area contributed by atoms with Crippen LogP contribution in [0.1, 0.15) is 12.3 Å². The lowest BCUT2D eigenvalue weighted by Crippen LogP contribution is -2.09. The topological polar surface area (TPSA) is 82.9 Å². The average Bonchev–Trinajstić information content (AvgIpc) is 2.78. The van der Waals surface area contributed by atoms with E-state index in [0.29, 0.717) is 16.7 Å². The van der Waals surface area contributed by atoms with Gasteiger partial charge in [0.05, 0.1) is 25.0 Å². The Kier molecular flexibility index (Phi) is 3.92. The van der Waals surface area contributed by atoms with Gasteiger partial charge in [-0.2, -0.15) is 10.2 Å². The molecule has 1 aromatic heterocycles. The molecule has 18 heavy (non-hydrogen) atoms. The van der Waals surface area contributed by atoms with E-state index in [1.807, 2.05) is 12.1 Å². The van der Waals surface area contributed by atoms with Crippen molar-refractivity contribution in [2.45, 2.75) is 18.9 Å². The molecule has 6 heteroatoms. The number of aromatic nitrogens is 2. The van der Waals surface area contributed by atoms with E-state index in [0.717, 1.165) is 5.56 Å². The molecule has 92 valence electrons. The zero-order chi connectivity index (χ0) is 13.0. The van der Waals surface area contributed by atoms with Crippen molar-refractivity contribution in [1.82, 2.24) is 10.1 Å². The Morgan fingerprint density at radius 3 is 3.06 bits per heavy atom. The molecule has 1 unspecified atom stereocenters. The summed E-state index contributed by atoms with van der Waals surface area (Å²) in [6, 6.07) is 8.95. The highest BCUT2D eigenvalue weighted by molar-refractivity contribution is 6.30. The summed E-state index contributed by atoms with van der Waals surface area (Å²) in [4.78, 5) is 4.14. The summed E-state index contributed by atoms with van der Waals surface area (Å²) in [6.07, 6.45) is -0.585. The van der Waals surface area contributed by atoms with Crippen molar-refractivity contribution < 1.29 is 9.63 Å². The fourth-order valence-corrected chi connectivity index (χ4v) is 1.65. The number of rotatable bonds is 4. The van der Waals surface area contributed by atoms with Gasteiger partial charge in [-0.15, -0.1) is 0 Å². The maximum absolute atomic E-state index is 9.46. The Labute approximate surface area is 109 Å². The van der Waals surface area contributed by atoms with E-state index in [1.54, 1.807) is 18.2 Å². The van der Waals surface area contributed by atoms with Crippen LogP contribution in [0.15, 0.2) is 28.8 Å². The van der Waals surface area contributed by atoms with Crippen molar-refractivity contribution in [3.63, 3.8) is 0 Å². The quantitative estimate of drug-likeness (QED) is 0.914. The van der Waals surface area contributed by atoms with Crippen LogP contribution in [0.4, 0.5) is 0 Å². The Balaban J connectivity index is 2.13. The molecule has 1 atom stereocenters. The number of hydrogen-bond donors (Lipinski definition) is 1. The summed E-state index contributed by atoms with van der Waals surface area (Å²) in [5.74, 6) is 0.712. The van der Waals surface area contributed by atoms with Gasteiger partial charge in [-0.3, -0.25) is 0 Å². The highest BCUT2D eigenvalue weighted by Crippen LogP contribution is 2.20. The Bertz CT molecular complexity index is 577. The monoisotopic (exact) mass is 263 g/mol. The van der Waals surface area contributed by atoms with Crippen LogP contribution < -0.4 is 0 Å². The van der Waals surface area contributed by atoms with E-state index < -0.39 is 6.10 Å². The highest BCUT2D eigenvalue weighted by atomic mass is 35.5. The minimum absolute atomic E-state index is 0.0366. The fourth-order valence-electron chi connectivity index (χ4n) is 1.46. The summed E-state index contributed by atoms with van der Waals surface area (Å²) in [6.45, 7) is 0. The molecule has 0 aliphatic heterocycles. The molecule has 0 saturated heterocycles. The summed E-state index contributed by atoms with van der Waals surface area (Å²) < 4.78 is 5.00. The first kappa shape index (κ1) is 12.6. The van der Waals surface area contributed by atoms with E-state index in [4.69, 9.17) is 21.4 Å². The third-order valence-corrected chi connectivity index (χ3v) is 2.52. The lowest BCUT2D eigenvalue weighted by Gasteiger charge is -1.99. The molecular formula is C12H10ClN3O2. The van der Waals surface area contributed by atoms with E-state index in [2.05, 4.69) is 10.1 Å². The number of benzene rings is 1. The summed E-state index contributed by atoms with van der Waals surface area (Å²) in [7, 11) is 0. The number of nitrogens with zero attached hydrogens (tertiary/aromatic N) is 3. The predicted molar refractivity (Wildman–Crippen MR) is 64.7 cm³/mol. The van der Waals surface area contributed by atoms with Gasteiger partial charge in [-0.25, -0.2) is 0 Å². The van der Waals surface area contributed by atoms with Gasteiger partial charge in [-0.1, -0.05) is 28.9 Å². The first-order chi connectivity index (χ1) is 8.69. The minimum Gasteiger partial charge on any atom is -0.392 e. The SMILES string of the molecule is N#CCC(O)Cc1nc(-c2cccc(Cl)c2)no1. The standard InChI is InChI=1S/C12H10ClN3O2/c13-9-3-1-2-8(6-9)12-15-11(18-16-12)7-10(17)4-5-14/h1-3,6,10,17H,4,7H2. The molecule has 0 fully saturated rings. The summed E-state index contributed by atoms with van der Waals surface area (Å²) >= 11 is 5.86. The summed E-state index contributed by atoms with van der Waals surface area (Å²) in [5.41, 5.74) is 0.743. The molecule has 1 aromatic carbocycles. The van der Waals surface area contributed by atoms with Crippen LogP contribution in [0.5, 0.6) is 0 Å². The molecule has 0 saturated carbocycles. The molecule has 1 heterocycles. The van der Waals surface area contributed by atoms with Crippen LogP contribution in [-0.2, 0) is 6.42 Å². The maximum Gasteiger partial charge on any atom is 0.229 e. The van der Waals surface area contributed by atoms with Crippen LogP contribution in [0, 0.1) is 11.3 Å². The van der Waals surface area contributed by atoms with Gasteiger partial charge in [0.1, 0.15) is 0 Å².